The van der Waals surface area contributed by atoms with E-state index in [2.05, 4.69) is 6.08 Å². The molecule has 1 aromatic carbocycles. The Morgan fingerprint density at radius 3 is 2.76 bits per heavy atom. The van der Waals surface area contributed by atoms with Crippen molar-refractivity contribution in [3.63, 3.8) is 0 Å². The lowest BCUT2D eigenvalue weighted by Crippen LogP contribution is -2.37. The number of carbonyl (C=O) groups is 1. The summed E-state index contributed by atoms with van der Waals surface area (Å²) in [6.45, 7) is 0.375. The van der Waals surface area contributed by atoms with Crippen LogP contribution in [-0.4, -0.2) is 5.97 Å². The van der Waals surface area contributed by atoms with Gasteiger partial charge >= 0.3 is 5.97 Å². The molecule has 2 atom stereocenters. The van der Waals surface area contributed by atoms with Gasteiger partial charge in [0.25, 0.3) is 0 Å². The monoisotopic (exact) mass is 226 g/mol. The van der Waals surface area contributed by atoms with Crippen molar-refractivity contribution in [3.8, 4) is 0 Å². The second kappa shape index (κ2) is 4.21. The van der Waals surface area contributed by atoms with Gasteiger partial charge in [-0.3, -0.25) is 4.79 Å². The maximum Gasteiger partial charge on any atom is 0.314 e. The fourth-order valence-corrected chi connectivity index (χ4v) is 2.45. The van der Waals surface area contributed by atoms with E-state index in [1.165, 1.54) is 5.57 Å². The Morgan fingerprint density at radius 2 is 2.12 bits per heavy atom. The molecule has 0 N–H and O–H groups in total. The highest BCUT2D eigenvalue weighted by molar-refractivity contribution is 5.79. The average Bonchev–Trinajstić information content (AvgIpc) is 2.38. The molecule has 0 aliphatic heterocycles. The van der Waals surface area contributed by atoms with E-state index >= 15 is 0 Å². The van der Waals surface area contributed by atoms with Gasteiger partial charge in [0, 0.05) is 0 Å². The first-order chi connectivity index (χ1) is 8.34. The fourth-order valence-electron chi connectivity index (χ4n) is 2.45. The summed E-state index contributed by atoms with van der Waals surface area (Å²) in [4.78, 5) is 11.9. The van der Waals surface area contributed by atoms with Gasteiger partial charge in [0.15, 0.2) is 0 Å². The molecule has 1 aromatic rings. The summed E-state index contributed by atoms with van der Waals surface area (Å²) >= 11 is 0. The predicted molar refractivity (Wildman–Crippen MR) is 65.1 cm³/mol. The molecule has 1 unspecified atom stereocenters. The Morgan fingerprint density at radius 1 is 1.29 bits per heavy atom. The minimum absolute atomic E-state index is 0.0105. The van der Waals surface area contributed by atoms with Gasteiger partial charge < -0.3 is 4.74 Å². The lowest BCUT2D eigenvalue weighted by molar-refractivity contribution is -0.151. The van der Waals surface area contributed by atoms with E-state index in [-0.39, 0.29) is 11.9 Å². The molecule has 0 heterocycles. The van der Waals surface area contributed by atoms with Gasteiger partial charge in [0.05, 0.1) is 5.92 Å². The van der Waals surface area contributed by atoms with Crippen molar-refractivity contribution >= 4 is 5.97 Å². The highest BCUT2D eigenvalue weighted by Crippen LogP contribution is 2.44. The lowest BCUT2D eigenvalue weighted by Gasteiger charge is -2.38. The molecule has 2 bridgehead atoms. The number of ether oxygens (including phenoxy) is 1. The zero-order valence-corrected chi connectivity index (χ0v) is 9.50. The number of rotatable bonds is 3. The van der Waals surface area contributed by atoms with Crippen LogP contribution in [-0.2, 0) is 16.1 Å². The lowest BCUT2D eigenvalue weighted by atomic mass is 9.66. The first-order valence-electron chi connectivity index (χ1n) is 5.92. The fraction of sp³-hybridized carbons (Fsp3) is 0.267. The first-order valence-corrected chi connectivity index (χ1v) is 5.92. The summed E-state index contributed by atoms with van der Waals surface area (Å²) in [6, 6.07) is 9.79. The predicted octanol–water partition coefficient (Wildman–Crippen LogP) is 2.86. The van der Waals surface area contributed by atoms with E-state index in [1.54, 1.807) is 0 Å². The highest BCUT2D eigenvalue weighted by atomic mass is 16.5. The Kier molecular flexibility index (Phi) is 2.56. The van der Waals surface area contributed by atoms with Crippen molar-refractivity contribution in [1.82, 2.24) is 0 Å². The summed E-state index contributed by atoms with van der Waals surface area (Å²) in [5, 5.41) is 0. The van der Waals surface area contributed by atoms with E-state index in [9.17, 15) is 4.79 Å². The van der Waals surface area contributed by atoms with Crippen LogP contribution >= 0.6 is 0 Å². The molecule has 0 aromatic heterocycles. The largest absolute Gasteiger partial charge is 0.460 e. The Balaban J connectivity index is 1.59. The molecule has 0 radical (unpaired) electrons. The number of carbonyl (C=O) groups excluding carboxylic acids is 1. The molecule has 86 valence electrons. The van der Waals surface area contributed by atoms with Crippen molar-refractivity contribution < 1.29 is 9.53 Å². The van der Waals surface area contributed by atoms with Crippen LogP contribution < -0.4 is 0 Å². The van der Waals surface area contributed by atoms with Gasteiger partial charge in [0.2, 0.25) is 0 Å². The number of hydrogen-bond acceptors (Lipinski definition) is 2. The highest BCUT2D eigenvalue weighted by Gasteiger charge is 2.41. The molecular weight excluding hydrogens is 212 g/mol. The molecule has 2 nitrogen and oxygen atoms in total. The summed E-state index contributed by atoms with van der Waals surface area (Å²) in [6.07, 6.45) is 7.20. The molecule has 0 amide bonds. The van der Waals surface area contributed by atoms with Crippen LogP contribution in [0.3, 0.4) is 0 Å². The zero-order valence-electron chi connectivity index (χ0n) is 9.50. The van der Waals surface area contributed by atoms with Crippen LogP contribution in [0.25, 0.3) is 0 Å². The standard InChI is InChI=1S/C15H14O2/c16-15(14-12-7-4-8-13(14)9-12)17-10-11-5-2-1-3-6-11/h1-8,12,14H,9-10H2/t12?,14-/m0/s1. The first kappa shape index (κ1) is 10.3. The molecule has 17 heavy (non-hydrogen) atoms. The number of esters is 1. The van der Waals surface area contributed by atoms with Gasteiger partial charge in [-0.25, -0.2) is 0 Å². The molecule has 2 aliphatic carbocycles. The third-order valence-corrected chi connectivity index (χ3v) is 3.45. The van der Waals surface area contributed by atoms with Crippen LogP contribution in [0.4, 0.5) is 0 Å². The van der Waals surface area contributed by atoms with Gasteiger partial charge in [-0.05, 0) is 17.9 Å². The van der Waals surface area contributed by atoms with Crippen LogP contribution in [0, 0.1) is 11.8 Å². The Bertz CT molecular complexity index is 485. The van der Waals surface area contributed by atoms with Gasteiger partial charge in [-0.2, -0.15) is 0 Å². The van der Waals surface area contributed by atoms with Crippen LogP contribution in [0.2, 0.25) is 0 Å². The van der Waals surface area contributed by atoms with Crippen molar-refractivity contribution in [1.29, 1.82) is 0 Å². The molecule has 2 aliphatic rings. The second-order valence-electron chi connectivity index (χ2n) is 4.57. The van der Waals surface area contributed by atoms with Gasteiger partial charge in [-0.15, -0.1) is 0 Å². The Hall–Kier alpha value is -1.83. The summed E-state index contributed by atoms with van der Waals surface area (Å²) in [5.41, 5.74) is 2.26. The van der Waals surface area contributed by atoms with E-state index in [4.69, 9.17) is 4.74 Å². The summed E-state index contributed by atoms with van der Waals surface area (Å²) in [7, 11) is 0. The molecule has 1 saturated carbocycles. The minimum atomic E-state index is -0.0827. The molecule has 0 saturated heterocycles. The molecule has 1 fully saturated rings. The van der Waals surface area contributed by atoms with Crippen molar-refractivity contribution in [2.24, 2.45) is 11.8 Å². The molecular formula is C15H14O2. The number of fused-ring (bicyclic) bond motifs is 2. The van der Waals surface area contributed by atoms with E-state index in [0.29, 0.717) is 12.5 Å². The van der Waals surface area contributed by atoms with E-state index in [0.717, 1.165) is 12.0 Å². The summed E-state index contributed by atoms with van der Waals surface area (Å²) in [5.74, 6) is 0.280. The Labute approximate surface area is 101 Å². The van der Waals surface area contributed by atoms with Gasteiger partial charge in [-0.1, -0.05) is 54.1 Å². The minimum Gasteiger partial charge on any atom is -0.460 e. The number of hydrogen-bond donors (Lipinski definition) is 0. The smallest absolute Gasteiger partial charge is 0.314 e. The van der Waals surface area contributed by atoms with Crippen molar-refractivity contribution in [2.75, 3.05) is 0 Å². The van der Waals surface area contributed by atoms with Crippen molar-refractivity contribution in [3.05, 3.63) is 59.7 Å². The maximum absolute atomic E-state index is 11.9. The third-order valence-electron chi connectivity index (χ3n) is 3.45. The van der Waals surface area contributed by atoms with Crippen LogP contribution in [0.1, 0.15) is 12.0 Å². The zero-order chi connectivity index (χ0) is 11.7. The quantitative estimate of drug-likeness (QED) is 0.741. The van der Waals surface area contributed by atoms with E-state index < -0.39 is 0 Å². The third kappa shape index (κ3) is 1.91. The van der Waals surface area contributed by atoms with Crippen LogP contribution in [0.15, 0.2) is 54.1 Å². The average molecular weight is 226 g/mol. The molecule has 2 heteroatoms. The summed E-state index contributed by atoms with van der Waals surface area (Å²) < 4.78 is 5.35. The van der Waals surface area contributed by atoms with Gasteiger partial charge in [0.1, 0.15) is 6.61 Å². The topological polar surface area (TPSA) is 26.3 Å². The molecule has 3 rings (SSSR count). The van der Waals surface area contributed by atoms with Crippen molar-refractivity contribution in [2.45, 2.75) is 13.0 Å². The normalized spacial score (nSPS) is 24.8. The maximum atomic E-state index is 11.9. The SMILES string of the molecule is O=C(OCc1ccccc1)[C@@H]1C2=CC=CC1C2. The second-order valence-corrected chi connectivity index (χ2v) is 4.57. The van der Waals surface area contributed by atoms with Crippen LogP contribution in [0.5, 0.6) is 0 Å². The number of benzene rings is 1. The number of allylic oxidation sites excluding steroid dienone is 3. The van der Waals surface area contributed by atoms with E-state index in [1.807, 2.05) is 42.5 Å². The molecule has 0 spiro atoms.